The molecule has 0 radical (unpaired) electrons. The molecule has 9 heteroatoms. The number of carbonyl (C=O) groups excluding carboxylic acids is 1. The van der Waals surface area contributed by atoms with Crippen LogP contribution in [-0.4, -0.2) is 52.0 Å². The van der Waals surface area contributed by atoms with Gasteiger partial charge in [0.25, 0.3) is 5.91 Å². The monoisotopic (exact) mass is 386 g/mol. The Morgan fingerprint density at radius 3 is 2.28 bits per heavy atom. The third-order valence-corrected chi connectivity index (χ3v) is 4.57. The molecule has 1 aliphatic rings. The lowest BCUT2D eigenvalue weighted by Gasteiger charge is -2.34. The van der Waals surface area contributed by atoms with Crippen LogP contribution >= 0.6 is 0 Å². The Morgan fingerprint density at radius 1 is 0.897 bits per heavy atom. The van der Waals surface area contributed by atoms with Crippen LogP contribution in [0, 0.1) is 11.3 Å². The molecule has 0 bridgehead atoms. The Bertz CT molecular complexity index is 1040. The van der Waals surface area contributed by atoms with Crippen molar-refractivity contribution in [3.63, 3.8) is 0 Å². The van der Waals surface area contributed by atoms with Crippen LogP contribution in [-0.2, 0) is 0 Å². The molecule has 0 unspecified atom stereocenters. The van der Waals surface area contributed by atoms with E-state index < -0.39 is 0 Å². The SMILES string of the molecule is N#Cc1ccccc1NC(=O)c1ccnc(N2CCN(c3ncccn3)CC2)n1. The van der Waals surface area contributed by atoms with Crippen molar-refractivity contribution in [1.29, 1.82) is 5.26 Å². The summed E-state index contributed by atoms with van der Waals surface area (Å²) in [7, 11) is 0. The van der Waals surface area contributed by atoms with Gasteiger partial charge in [0.2, 0.25) is 11.9 Å². The second kappa shape index (κ2) is 8.31. The summed E-state index contributed by atoms with van der Waals surface area (Å²) in [5.74, 6) is 0.824. The highest BCUT2D eigenvalue weighted by molar-refractivity contribution is 6.03. The summed E-state index contributed by atoms with van der Waals surface area (Å²) in [5.41, 5.74) is 1.10. The first-order valence-electron chi connectivity index (χ1n) is 9.15. The standard InChI is InChI=1S/C20H18N8O/c21-14-15-4-1-2-5-16(15)25-18(29)17-6-9-24-20(26-17)28-12-10-27(11-13-28)19-22-7-3-8-23-19/h1-9H,10-13H2,(H,25,29). The van der Waals surface area contributed by atoms with Crippen LogP contribution < -0.4 is 15.1 Å². The van der Waals surface area contributed by atoms with Crippen molar-refractivity contribution < 1.29 is 4.79 Å². The lowest BCUT2D eigenvalue weighted by molar-refractivity contribution is 0.102. The normalized spacial score (nSPS) is 13.6. The molecular weight excluding hydrogens is 368 g/mol. The molecule has 29 heavy (non-hydrogen) atoms. The van der Waals surface area contributed by atoms with Crippen LogP contribution in [0.4, 0.5) is 17.6 Å². The molecule has 1 aliphatic heterocycles. The van der Waals surface area contributed by atoms with Gasteiger partial charge in [-0.25, -0.2) is 19.9 Å². The molecule has 1 aromatic carbocycles. The first-order chi connectivity index (χ1) is 14.2. The molecule has 9 nitrogen and oxygen atoms in total. The number of aromatic nitrogens is 4. The predicted molar refractivity (Wildman–Crippen MR) is 108 cm³/mol. The largest absolute Gasteiger partial charge is 0.337 e. The number of hydrogen-bond donors (Lipinski definition) is 1. The molecule has 1 fully saturated rings. The summed E-state index contributed by atoms with van der Waals surface area (Å²) in [6, 6.07) is 12.3. The van der Waals surface area contributed by atoms with Crippen molar-refractivity contribution in [2.45, 2.75) is 0 Å². The van der Waals surface area contributed by atoms with E-state index in [1.807, 2.05) is 4.90 Å². The lowest BCUT2D eigenvalue weighted by atomic mass is 10.2. The maximum absolute atomic E-state index is 12.6. The fraction of sp³-hybridized carbons (Fsp3) is 0.200. The Labute approximate surface area is 167 Å². The molecule has 0 saturated carbocycles. The minimum absolute atomic E-state index is 0.247. The molecule has 0 spiro atoms. The van der Waals surface area contributed by atoms with E-state index in [2.05, 4.69) is 36.2 Å². The van der Waals surface area contributed by atoms with Gasteiger partial charge in [0.05, 0.1) is 11.3 Å². The van der Waals surface area contributed by atoms with Crippen LogP contribution in [0.25, 0.3) is 0 Å². The van der Waals surface area contributed by atoms with Gasteiger partial charge in [-0.05, 0) is 24.3 Å². The number of anilines is 3. The fourth-order valence-electron chi connectivity index (χ4n) is 3.06. The third-order valence-electron chi connectivity index (χ3n) is 4.57. The van der Waals surface area contributed by atoms with Crippen LogP contribution in [0.2, 0.25) is 0 Å². The van der Waals surface area contributed by atoms with Crippen LogP contribution in [0.3, 0.4) is 0 Å². The number of para-hydroxylation sites is 1. The summed E-state index contributed by atoms with van der Waals surface area (Å²) in [6.07, 6.45) is 5.02. The van der Waals surface area contributed by atoms with E-state index in [1.54, 1.807) is 55.0 Å². The van der Waals surface area contributed by atoms with Gasteiger partial charge < -0.3 is 15.1 Å². The van der Waals surface area contributed by atoms with E-state index in [0.29, 0.717) is 36.2 Å². The van der Waals surface area contributed by atoms with Gasteiger partial charge in [-0.15, -0.1) is 0 Å². The van der Waals surface area contributed by atoms with E-state index in [9.17, 15) is 10.1 Å². The van der Waals surface area contributed by atoms with Gasteiger partial charge in [-0.2, -0.15) is 5.26 Å². The molecular formula is C20H18N8O. The number of nitriles is 1. The average Bonchev–Trinajstić information content (AvgIpc) is 2.80. The summed E-state index contributed by atoms with van der Waals surface area (Å²) >= 11 is 0. The maximum Gasteiger partial charge on any atom is 0.274 e. The predicted octanol–water partition coefficient (Wildman–Crippen LogP) is 1.72. The molecule has 144 valence electrons. The zero-order valence-corrected chi connectivity index (χ0v) is 15.6. The Hall–Kier alpha value is -4.06. The number of benzene rings is 1. The maximum atomic E-state index is 12.6. The van der Waals surface area contributed by atoms with Crippen molar-refractivity contribution in [3.8, 4) is 6.07 Å². The summed E-state index contributed by atoms with van der Waals surface area (Å²) in [5, 5.41) is 11.9. The van der Waals surface area contributed by atoms with Crippen molar-refractivity contribution in [3.05, 3.63) is 66.2 Å². The molecule has 3 heterocycles. The molecule has 1 N–H and O–H groups in total. The van der Waals surface area contributed by atoms with Crippen LogP contribution in [0.1, 0.15) is 16.1 Å². The molecule has 1 amide bonds. The van der Waals surface area contributed by atoms with E-state index >= 15 is 0 Å². The van der Waals surface area contributed by atoms with Crippen LogP contribution in [0.15, 0.2) is 55.0 Å². The lowest BCUT2D eigenvalue weighted by Crippen LogP contribution is -2.47. The minimum Gasteiger partial charge on any atom is -0.337 e. The van der Waals surface area contributed by atoms with Crippen molar-refractivity contribution in [2.24, 2.45) is 0 Å². The number of nitrogens with one attached hydrogen (secondary N) is 1. The highest BCUT2D eigenvalue weighted by Gasteiger charge is 2.21. The van der Waals surface area contributed by atoms with E-state index in [1.165, 1.54) is 0 Å². The topological polar surface area (TPSA) is 111 Å². The Balaban J connectivity index is 1.44. The van der Waals surface area contributed by atoms with Crippen molar-refractivity contribution >= 4 is 23.5 Å². The van der Waals surface area contributed by atoms with Crippen molar-refractivity contribution in [1.82, 2.24) is 19.9 Å². The zero-order chi connectivity index (χ0) is 20.1. The number of carbonyl (C=O) groups is 1. The number of hydrogen-bond acceptors (Lipinski definition) is 8. The van der Waals surface area contributed by atoms with E-state index in [0.717, 1.165) is 13.1 Å². The van der Waals surface area contributed by atoms with Gasteiger partial charge in [-0.3, -0.25) is 4.79 Å². The second-order valence-electron chi connectivity index (χ2n) is 6.38. The first kappa shape index (κ1) is 18.3. The van der Waals surface area contributed by atoms with Gasteiger partial charge in [0.15, 0.2) is 0 Å². The molecule has 0 aliphatic carbocycles. The smallest absolute Gasteiger partial charge is 0.274 e. The van der Waals surface area contributed by atoms with Gasteiger partial charge in [0.1, 0.15) is 11.8 Å². The van der Waals surface area contributed by atoms with Gasteiger partial charge >= 0.3 is 0 Å². The summed E-state index contributed by atoms with van der Waals surface area (Å²) in [4.78, 5) is 34.0. The number of amides is 1. The quantitative estimate of drug-likeness (QED) is 0.721. The molecule has 2 aromatic heterocycles. The fourth-order valence-corrected chi connectivity index (χ4v) is 3.06. The number of rotatable bonds is 4. The Morgan fingerprint density at radius 2 is 1.55 bits per heavy atom. The minimum atomic E-state index is -0.382. The first-order valence-corrected chi connectivity index (χ1v) is 9.15. The molecule has 0 atom stereocenters. The summed E-state index contributed by atoms with van der Waals surface area (Å²) in [6.45, 7) is 2.86. The van der Waals surface area contributed by atoms with E-state index in [4.69, 9.17) is 0 Å². The summed E-state index contributed by atoms with van der Waals surface area (Å²) < 4.78 is 0. The van der Waals surface area contributed by atoms with Crippen LogP contribution in [0.5, 0.6) is 0 Å². The highest BCUT2D eigenvalue weighted by Crippen LogP contribution is 2.17. The molecule has 3 aromatic rings. The number of piperazine rings is 1. The molecule has 1 saturated heterocycles. The average molecular weight is 386 g/mol. The number of nitrogens with zero attached hydrogens (tertiary/aromatic N) is 7. The Kier molecular flexibility index (Phi) is 5.25. The van der Waals surface area contributed by atoms with Gasteiger partial charge in [0, 0.05) is 44.8 Å². The van der Waals surface area contributed by atoms with Crippen molar-refractivity contribution in [2.75, 3.05) is 41.3 Å². The highest BCUT2D eigenvalue weighted by atomic mass is 16.1. The van der Waals surface area contributed by atoms with E-state index in [-0.39, 0.29) is 11.6 Å². The zero-order valence-electron chi connectivity index (χ0n) is 15.6. The third kappa shape index (κ3) is 4.11. The second-order valence-corrected chi connectivity index (χ2v) is 6.38. The molecule has 4 rings (SSSR count). The van der Waals surface area contributed by atoms with Gasteiger partial charge in [-0.1, -0.05) is 12.1 Å².